The molecule has 0 unspecified atom stereocenters. The molecular weight excluding hydrogens is 164 g/mol. The minimum atomic E-state index is 0.493. The molecule has 1 heterocycles. The summed E-state index contributed by atoms with van der Waals surface area (Å²) >= 11 is 0. The highest BCUT2D eigenvalue weighted by Gasteiger charge is 2.16. The summed E-state index contributed by atoms with van der Waals surface area (Å²) in [6, 6.07) is 0.571. The van der Waals surface area contributed by atoms with Crippen LogP contribution in [0.3, 0.4) is 0 Å². The highest BCUT2D eigenvalue weighted by molar-refractivity contribution is 4.92. The molecule has 13 heavy (non-hydrogen) atoms. The van der Waals surface area contributed by atoms with E-state index in [9.17, 15) is 0 Å². The van der Waals surface area contributed by atoms with Gasteiger partial charge >= 0.3 is 0 Å². The van der Waals surface area contributed by atoms with Gasteiger partial charge in [0.2, 0.25) is 0 Å². The summed E-state index contributed by atoms with van der Waals surface area (Å²) in [5.41, 5.74) is 6.37. The second-order valence-corrected chi connectivity index (χ2v) is 3.69. The minimum absolute atomic E-state index is 0.493. The molecule has 1 fully saturated rings. The zero-order valence-corrected chi connectivity index (χ0v) is 7.82. The van der Waals surface area contributed by atoms with Crippen molar-refractivity contribution >= 4 is 0 Å². The van der Waals surface area contributed by atoms with Crippen LogP contribution in [0.4, 0.5) is 0 Å². The van der Waals surface area contributed by atoms with Crippen molar-refractivity contribution in [3.8, 4) is 0 Å². The molecule has 2 rings (SSSR count). The van der Waals surface area contributed by atoms with Gasteiger partial charge in [0.05, 0.1) is 17.9 Å². The van der Waals surface area contributed by atoms with Gasteiger partial charge in [-0.1, -0.05) is 24.5 Å². The molecule has 2 N–H and O–H groups in total. The maximum absolute atomic E-state index is 5.48. The van der Waals surface area contributed by atoms with Gasteiger partial charge < -0.3 is 5.73 Å². The molecule has 1 saturated carbocycles. The fourth-order valence-corrected chi connectivity index (χ4v) is 1.93. The summed E-state index contributed by atoms with van der Waals surface area (Å²) in [4.78, 5) is 0. The second-order valence-electron chi connectivity index (χ2n) is 3.69. The number of rotatable bonds is 2. The van der Waals surface area contributed by atoms with Crippen LogP contribution in [0.25, 0.3) is 0 Å². The van der Waals surface area contributed by atoms with E-state index < -0.39 is 0 Å². The van der Waals surface area contributed by atoms with Gasteiger partial charge in [-0.2, -0.15) is 0 Å². The quantitative estimate of drug-likeness (QED) is 0.745. The predicted molar refractivity (Wildman–Crippen MR) is 50.0 cm³/mol. The first kappa shape index (κ1) is 8.69. The van der Waals surface area contributed by atoms with Gasteiger partial charge in [-0.05, 0) is 12.8 Å². The van der Waals surface area contributed by atoms with Crippen LogP contribution in [0.15, 0.2) is 6.20 Å². The van der Waals surface area contributed by atoms with Crippen LogP contribution in [0, 0.1) is 0 Å². The molecule has 4 heteroatoms. The van der Waals surface area contributed by atoms with Crippen molar-refractivity contribution in [3.63, 3.8) is 0 Å². The van der Waals surface area contributed by atoms with E-state index in [1.165, 1.54) is 32.1 Å². The van der Waals surface area contributed by atoms with Gasteiger partial charge in [-0.25, -0.2) is 4.68 Å². The molecule has 0 aromatic carbocycles. The Hall–Kier alpha value is -0.900. The third-order valence-corrected chi connectivity index (χ3v) is 2.72. The van der Waals surface area contributed by atoms with E-state index in [4.69, 9.17) is 5.73 Å². The molecule has 0 amide bonds. The molecule has 1 aromatic rings. The van der Waals surface area contributed by atoms with Crippen molar-refractivity contribution in [2.75, 3.05) is 0 Å². The fourth-order valence-electron chi connectivity index (χ4n) is 1.93. The maximum Gasteiger partial charge on any atom is 0.0962 e. The van der Waals surface area contributed by atoms with E-state index in [0.29, 0.717) is 12.6 Å². The standard InChI is InChI=1S/C9H16N4/c10-6-8-7-13(12-11-8)9-4-2-1-3-5-9/h7,9H,1-6,10H2. The van der Waals surface area contributed by atoms with Crippen molar-refractivity contribution in [2.45, 2.75) is 44.7 Å². The van der Waals surface area contributed by atoms with E-state index in [1.54, 1.807) is 0 Å². The van der Waals surface area contributed by atoms with E-state index in [1.807, 2.05) is 10.9 Å². The first-order valence-corrected chi connectivity index (χ1v) is 5.01. The molecule has 0 bridgehead atoms. The Labute approximate surface area is 78.1 Å². The molecule has 0 spiro atoms. The highest BCUT2D eigenvalue weighted by atomic mass is 15.4. The van der Waals surface area contributed by atoms with Crippen LogP contribution >= 0.6 is 0 Å². The Morgan fingerprint density at radius 2 is 2.15 bits per heavy atom. The summed E-state index contributed by atoms with van der Waals surface area (Å²) in [6.45, 7) is 0.493. The van der Waals surface area contributed by atoms with Gasteiger partial charge in [-0.3, -0.25) is 0 Å². The Balaban J connectivity index is 2.05. The van der Waals surface area contributed by atoms with Gasteiger partial charge in [0, 0.05) is 6.54 Å². The monoisotopic (exact) mass is 180 g/mol. The molecule has 0 radical (unpaired) electrons. The van der Waals surface area contributed by atoms with Gasteiger partial charge in [0.25, 0.3) is 0 Å². The van der Waals surface area contributed by atoms with Crippen LogP contribution in [0.1, 0.15) is 43.8 Å². The number of aromatic nitrogens is 3. The van der Waals surface area contributed by atoms with E-state index >= 15 is 0 Å². The lowest BCUT2D eigenvalue weighted by molar-refractivity contribution is 0.324. The van der Waals surface area contributed by atoms with Crippen molar-refractivity contribution in [1.82, 2.24) is 15.0 Å². The Bertz CT molecular complexity index is 262. The number of hydrogen-bond acceptors (Lipinski definition) is 3. The lowest BCUT2D eigenvalue weighted by Gasteiger charge is -2.20. The SMILES string of the molecule is NCc1cn(C2CCCCC2)nn1. The number of nitrogens with two attached hydrogens (primary N) is 1. The molecule has 1 aliphatic rings. The highest BCUT2D eigenvalue weighted by Crippen LogP contribution is 2.26. The maximum atomic E-state index is 5.48. The van der Waals surface area contributed by atoms with Crippen molar-refractivity contribution in [2.24, 2.45) is 5.73 Å². The van der Waals surface area contributed by atoms with Crippen LogP contribution in [-0.2, 0) is 6.54 Å². The third-order valence-electron chi connectivity index (χ3n) is 2.72. The second kappa shape index (κ2) is 3.87. The average molecular weight is 180 g/mol. The van der Waals surface area contributed by atoms with Gasteiger partial charge in [0.15, 0.2) is 0 Å². The topological polar surface area (TPSA) is 56.7 Å². The third kappa shape index (κ3) is 1.88. The lowest BCUT2D eigenvalue weighted by Crippen LogP contribution is -2.13. The molecule has 0 atom stereocenters. The molecule has 0 aliphatic heterocycles. The number of hydrogen-bond donors (Lipinski definition) is 1. The average Bonchev–Trinajstić information content (AvgIpc) is 2.67. The molecular formula is C9H16N4. The van der Waals surface area contributed by atoms with Gasteiger partial charge in [0.1, 0.15) is 0 Å². The Kier molecular flexibility index (Phi) is 2.59. The molecule has 1 aromatic heterocycles. The van der Waals surface area contributed by atoms with Gasteiger partial charge in [-0.15, -0.1) is 5.10 Å². The Morgan fingerprint density at radius 1 is 1.38 bits per heavy atom. The van der Waals surface area contributed by atoms with Crippen molar-refractivity contribution < 1.29 is 0 Å². The Morgan fingerprint density at radius 3 is 2.77 bits per heavy atom. The predicted octanol–water partition coefficient (Wildman–Crippen LogP) is 1.24. The molecule has 72 valence electrons. The normalized spacial score (nSPS) is 19.2. The van der Waals surface area contributed by atoms with Crippen LogP contribution in [-0.4, -0.2) is 15.0 Å². The van der Waals surface area contributed by atoms with E-state index in [2.05, 4.69) is 10.3 Å². The van der Waals surface area contributed by atoms with Crippen LogP contribution in [0.5, 0.6) is 0 Å². The minimum Gasteiger partial charge on any atom is -0.325 e. The zero-order valence-electron chi connectivity index (χ0n) is 7.82. The van der Waals surface area contributed by atoms with Crippen LogP contribution < -0.4 is 5.73 Å². The van der Waals surface area contributed by atoms with E-state index in [-0.39, 0.29) is 0 Å². The first-order valence-electron chi connectivity index (χ1n) is 5.01. The fraction of sp³-hybridized carbons (Fsp3) is 0.778. The lowest BCUT2D eigenvalue weighted by atomic mass is 9.96. The summed E-state index contributed by atoms with van der Waals surface area (Å²) in [7, 11) is 0. The largest absolute Gasteiger partial charge is 0.325 e. The zero-order chi connectivity index (χ0) is 9.10. The summed E-state index contributed by atoms with van der Waals surface area (Å²) in [5.74, 6) is 0. The summed E-state index contributed by atoms with van der Waals surface area (Å²) in [5, 5.41) is 8.10. The smallest absolute Gasteiger partial charge is 0.0962 e. The molecule has 4 nitrogen and oxygen atoms in total. The van der Waals surface area contributed by atoms with Crippen LogP contribution in [0.2, 0.25) is 0 Å². The summed E-state index contributed by atoms with van der Waals surface area (Å²) < 4.78 is 1.99. The van der Waals surface area contributed by atoms with Crippen molar-refractivity contribution in [1.29, 1.82) is 0 Å². The molecule has 1 aliphatic carbocycles. The van der Waals surface area contributed by atoms with E-state index in [0.717, 1.165) is 5.69 Å². The van der Waals surface area contributed by atoms with Crippen molar-refractivity contribution in [3.05, 3.63) is 11.9 Å². The molecule has 0 saturated heterocycles. The summed E-state index contributed by atoms with van der Waals surface area (Å²) in [6.07, 6.45) is 8.48. The first-order chi connectivity index (χ1) is 6.40. The number of nitrogens with zero attached hydrogens (tertiary/aromatic N) is 3.